The Morgan fingerprint density at radius 2 is 2.05 bits per heavy atom. The zero-order valence-electron chi connectivity index (χ0n) is 10.9. The lowest BCUT2D eigenvalue weighted by Gasteiger charge is -2.03. The van der Waals surface area contributed by atoms with Crippen molar-refractivity contribution in [3.8, 4) is 0 Å². The fourth-order valence-electron chi connectivity index (χ4n) is 1.67. The van der Waals surface area contributed by atoms with Crippen molar-refractivity contribution >= 4 is 6.08 Å². The van der Waals surface area contributed by atoms with Crippen molar-refractivity contribution in [1.29, 1.82) is 0 Å². The molecule has 2 rings (SSSR count). The van der Waals surface area contributed by atoms with E-state index in [1.54, 1.807) is 12.5 Å². The minimum absolute atomic E-state index is 0.641. The number of ether oxygens (including phenoxy) is 1. The Labute approximate surface area is 113 Å². The summed E-state index contributed by atoms with van der Waals surface area (Å²) in [6, 6.07) is 12.2. The summed E-state index contributed by atoms with van der Waals surface area (Å²) in [5.74, 6) is 0. The van der Waals surface area contributed by atoms with E-state index in [9.17, 15) is 0 Å². The summed E-state index contributed by atoms with van der Waals surface area (Å²) >= 11 is 0. The van der Waals surface area contributed by atoms with E-state index in [4.69, 9.17) is 9.15 Å². The largest absolute Gasteiger partial charge is 0.472 e. The predicted octanol–water partition coefficient (Wildman–Crippen LogP) is 3.10. The molecular formula is C16H19NO2. The molecule has 3 heteroatoms. The smallest absolute Gasteiger partial charge is 0.0947 e. The first-order valence-corrected chi connectivity index (χ1v) is 6.46. The van der Waals surface area contributed by atoms with Gasteiger partial charge in [-0.2, -0.15) is 0 Å². The van der Waals surface area contributed by atoms with Crippen molar-refractivity contribution in [2.75, 3.05) is 19.8 Å². The zero-order valence-corrected chi connectivity index (χ0v) is 10.9. The zero-order chi connectivity index (χ0) is 13.2. The molecule has 0 saturated carbocycles. The first kappa shape index (κ1) is 13.6. The lowest BCUT2D eigenvalue weighted by atomic mass is 10.2. The van der Waals surface area contributed by atoms with Gasteiger partial charge in [0.2, 0.25) is 0 Å². The van der Waals surface area contributed by atoms with Crippen molar-refractivity contribution in [2.45, 2.75) is 6.54 Å². The molecule has 0 aliphatic heterocycles. The van der Waals surface area contributed by atoms with Crippen molar-refractivity contribution < 1.29 is 9.15 Å². The Hall–Kier alpha value is -1.84. The van der Waals surface area contributed by atoms with Crippen molar-refractivity contribution in [3.05, 3.63) is 66.1 Å². The summed E-state index contributed by atoms with van der Waals surface area (Å²) in [5.41, 5.74) is 2.35. The highest BCUT2D eigenvalue weighted by Crippen LogP contribution is 2.00. The van der Waals surface area contributed by atoms with Crippen LogP contribution in [0.2, 0.25) is 0 Å². The van der Waals surface area contributed by atoms with E-state index in [-0.39, 0.29) is 0 Å². The molecule has 0 aliphatic rings. The van der Waals surface area contributed by atoms with E-state index in [1.807, 2.05) is 30.3 Å². The topological polar surface area (TPSA) is 34.4 Å². The second-order valence-corrected chi connectivity index (χ2v) is 4.20. The Morgan fingerprint density at radius 3 is 2.84 bits per heavy atom. The average Bonchev–Trinajstić information content (AvgIpc) is 2.96. The van der Waals surface area contributed by atoms with Gasteiger partial charge in [-0.1, -0.05) is 42.5 Å². The fraction of sp³-hybridized carbons (Fsp3) is 0.250. The summed E-state index contributed by atoms with van der Waals surface area (Å²) in [6.45, 7) is 3.00. The first-order valence-electron chi connectivity index (χ1n) is 6.46. The summed E-state index contributed by atoms with van der Waals surface area (Å²) in [5, 5.41) is 3.29. The Balaban J connectivity index is 1.49. The van der Waals surface area contributed by atoms with E-state index in [1.165, 1.54) is 5.56 Å². The SMILES string of the molecule is C(=Cc1ccccc1)COCCNCc1ccoc1. The number of hydrogen-bond donors (Lipinski definition) is 1. The maximum absolute atomic E-state index is 5.50. The highest BCUT2D eigenvalue weighted by Gasteiger charge is 1.92. The molecule has 1 aromatic heterocycles. The van der Waals surface area contributed by atoms with Gasteiger partial charge in [-0.05, 0) is 11.6 Å². The second kappa shape index (κ2) is 8.29. The van der Waals surface area contributed by atoms with Gasteiger partial charge < -0.3 is 14.5 Å². The third-order valence-corrected chi connectivity index (χ3v) is 2.66. The van der Waals surface area contributed by atoms with E-state index < -0.39 is 0 Å². The molecule has 0 aliphatic carbocycles. The summed E-state index contributed by atoms with van der Waals surface area (Å²) in [6.07, 6.45) is 7.53. The standard InChI is InChI=1S/C16H19NO2/c1-2-5-15(6-3-1)7-4-10-18-12-9-17-13-16-8-11-19-14-16/h1-8,11,14,17H,9-10,12-13H2. The summed E-state index contributed by atoms with van der Waals surface area (Å²) in [7, 11) is 0. The lowest BCUT2D eigenvalue weighted by Crippen LogP contribution is -2.18. The van der Waals surface area contributed by atoms with Crippen molar-refractivity contribution in [2.24, 2.45) is 0 Å². The molecule has 19 heavy (non-hydrogen) atoms. The molecule has 2 aromatic rings. The van der Waals surface area contributed by atoms with Gasteiger partial charge in [-0.3, -0.25) is 0 Å². The van der Waals surface area contributed by atoms with Gasteiger partial charge in [0.15, 0.2) is 0 Å². The quantitative estimate of drug-likeness (QED) is 0.738. The van der Waals surface area contributed by atoms with Crippen LogP contribution in [0.4, 0.5) is 0 Å². The molecule has 0 amide bonds. The molecule has 3 nitrogen and oxygen atoms in total. The van der Waals surface area contributed by atoms with Gasteiger partial charge in [-0.25, -0.2) is 0 Å². The minimum Gasteiger partial charge on any atom is -0.472 e. The second-order valence-electron chi connectivity index (χ2n) is 4.20. The molecule has 0 fully saturated rings. The Morgan fingerprint density at radius 1 is 1.16 bits per heavy atom. The minimum atomic E-state index is 0.641. The molecule has 0 saturated heterocycles. The van der Waals surface area contributed by atoms with E-state index in [0.717, 1.165) is 18.7 Å². The van der Waals surface area contributed by atoms with Crippen LogP contribution in [-0.2, 0) is 11.3 Å². The first-order chi connectivity index (χ1) is 9.45. The predicted molar refractivity (Wildman–Crippen MR) is 76.7 cm³/mol. The average molecular weight is 257 g/mol. The molecule has 0 radical (unpaired) electrons. The van der Waals surface area contributed by atoms with Crippen LogP contribution in [0.15, 0.2) is 59.4 Å². The van der Waals surface area contributed by atoms with Crippen LogP contribution >= 0.6 is 0 Å². The normalized spacial score (nSPS) is 11.2. The molecule has 1 aromatic carbocycles. The highest BCUT2D eigenvalue weighted by atomic mass is 16.5. The lowest BCUT2D eigenvalue weighted by molar-refractivity contribution is 0.164. The van der Waals surface area contributed by atoms with Gasteiger partial charge in [-0.15, -0.1) is 0 Å². The fourth-order valence-corrected chi connectivity index (χ4v) is 1.67. The van der Waals surface area contributed by atoms with Crippen LogP contribution in [0.1, 0.15) is 11.1 Å². The summed E-state index contributed by atoms with van der Waals surface area (Å²) in [4.78, 5) is 0. The third kappa shape index (κ3) is 5.55. The van der Waals surface area contributed by atoms with Crippen molar-refractivity contribution in [1.82, 2.24) is 5.32 Å². The molecule has 0 bridgehead atoms. The number of hydrogen-bond acceptors (Lipinski definition) is 3. The molecule has 0 unspecified atom stereocenters. The van der Waals surface area contributed by atoms with E-state index >= 15 is 0 Å². The van der Waals surface area contributed by atoms with Gasteiger partial charge in [0.1, 0.15) is 0 Å². The van der Waals surface area contributed by atoms with Crippen LogP contribution in [0.5, 0.6) is 0 Å². The maximum Gasteiger partial charge on any atom is 0.0947 e. The molecule has 0 atom stereocenters. The van der Waals surface area contributed by atoms with Crippen LogP contribution in [-0.4, -0.2) is 19.8 Å². The van der Waals surface area contributed by atoms with Gasteiger partial charge in [0.05, 0.1) is 25.7 Å². The number of benzene rings is 1. The van der Waals surface area contributed by atoms with Crippen LogP contribution in [0.3, 0.4) is 0 Å². The molecule has 0 spiro atoms. The number of furan rings is 1. The monoisotopic (exact) mass is 257 g/mol. The molecular weight excluding hydrogens is 238 g/mol. The molecule has 1 heterocycles. The molecule has 100 valence electrons. The Kier molecular flexibility index (Phi) is 5.93. The van der Waals surface area contributed by atoms with Crippen LogP contribution < -0.4 is 5.32 Å². The van der Waals surface area contributed by atoms with Gasteiger partial charge in [0, 0.05) is 18.7 Å². The van der Waals surface area contributed by atoms with Gasteiger partial charge in [0.25, 0.3) is 0 Å². The molecule has 1 N–H and O–H groups in total. The van der Waals surface area contributed by atoms with E-state index in [0.29, 0.717) is 13.2 Å². The van der Waals surface area contributed by atoms with Gasteiger partial charge >= 0.3 is 0 Å². The van der Waals surface area contributed by atoms with Crippen LogP contribution in [0.25, 0.3) is 6.08 Å². The number of rotatable bonds is 8. The number of nitrogens with one attached hydrogen (secondary N) is 1. The maximum atomic E-state index is 5.50. The van der Waals surface area contributed by atoms with Crippen molar-refractivity contribution in [3.63, 3.8) is 0 Å². The third-order valence-electron chi connectivity index (χ3n) is 2.66. The van der Waals surface area contributed by atoms with Crippen LogP contribution in [0, 0.1) is 0 Å². The summed E-state index contributed by atoms with van der Waals surface area (Å²) < 4.78 is 10.5. The Bertz CT molecular complexity index is 463. The van der Waals surface area contributed by atoms with E-state index in [2.05, 4.69) is 23.5 Å². The highest BCUT2D eigenvalue weighted by molar-refractivity contribution is 5.48.